The molecule has 0 radical (unpaired) electrons. The van der Waals surface area contributed by atoms with Crippen molar-refractivity contribution in [3.63, 3.8) is 0 Å². The van der Waals surface area contributed by atoms with Crippen LogP contribution in [0.3, 0.4) is 0 Å². The van der Waals surface area contributed by atoms with Crippen LogP contribution in [-0.4, -0.2) is 70.4 Å². The molecule has 0 saturated heterocycles. The number of carbonyl (C=O) groups is 5. The molecule has 496 valence electrons. The molecule has 0 aromatic heterocycles. The van der Waals surface area contributed by atoms with Gasteiger partial charge in [0.1, 0.15) is 12.1 Å². The summed E-state index contributed by atoms with van der Waals surface area (Å²) in [5.74, 6) is -5.21. The van der Waals surface area contributed by atoms with E-state index in [0.717, 1.165) is 24.3 Å². The van der Waals surface area contributed by atoms with Crippen LogP contribution in [0.2, 0.25) is 10.0 Å². The van der Waals surface area contributed by atoms with Crippen LogP contribution in [-0.2, 0) is 15.9 Å². The van der Waals surface area contributed by atoms with Gasteiger partial charge in [0.05, 0.1) is 72.8 Å². The Kier molecular flexibility index (Phi) is 28.9. The number of halogens is 16. The second kappa shape index (κ2) is 33.4. The molecule has 7 rings (SSSR count). The summed E-state index contributed by atoms with van der Waals surface area (Å²) in [4.78, 5) is 64.4. The topological polar surface area (TPSA) is 320 Å². The number of nitriles is 4. The molecule has 7 aromatic carbocycles. The number of rotatable bonds is 12. The number of aliphatic hydroxyl groups is 1. The van der Waals surface area contributed by atoms with E-state index in [-0.39, 0.29) is 86.7 Å². The van der Waals surface area contributed by atoms with Gasteiger partial charge >= 0.3 is 55.1 Å². The van der Waals surface area contributed by atoms with Gasteiger partial charge in [0.2, 0.25) is 0 Å². The van der Waals surface area contributed by atoms with Crippen molar-refractivity contribution in [3.8, 4) is 24.3 Å². The Morgan fingerprint density at radius 3 is 1.21 bits per heavy atom. The van der Waals surface area contributed by atoms with Gasteiger partial charge in [0.15, 0.2) is 0 Å². The van der Waals surface area contributed by atoms with Gasteiger partial charge < -0.3 is 42.1 Å². The van der Waals surface area contributed by atoms with Gasteiger partial charge in [-0.15, -0.1) is 6.58 Å². The summed E-state index contributed by atoms with van der Waals surface area (Å²) < 4.78 is 169. The molecule has 0 heterocycles. The number of hydrogen-bond acceptors (Lipinski definition) is 12. The summed E-state index contributed by atoms with van der Waals surface area (Å²) in [6, 6.07) is 30.0. The molecule has 0 atom stereocenters. The number of nitrogens with one attached hydrogen (secondary N) is 4. The number of anilines is 4. The van der Waals surface area contributed by atoms with Crippen LogP contribution >= 0.6 is 55.1 Å². The molecular weight excluding hydrogens is 1470 g/mol. The van der Waals surface area contributed by atoms with Crippen molar-refractivity contribution in [2.75, 3.05) is 21.3 Å². The standard InChI is InChI=1S/C33H18BrClF6N4O4.C26H14BrClF6N4O3.C3H6.Li.2H2O/c1-17-11-18(15-42)7-10-23(17)29(47)44-26-12-20(8-9-21(26)16-43)28(46)45-27-24(34)13-22(14-25(27)35)31(32(36,37)38,33(39,40)41)49-30(48)19-5-3-2-4-6-19;1-12-6-13(10-35)2-5-17(12)23(40)37-20-7-14(3-4-15(20)11-36)22(39)38-21-18(27)8-16(9-19(21)28)24(41,25(29,30)31)26(32,33)34;1-3-2;;;/h2-14H,1H3,(H,44,47)(H,45,46);2-9,41H,1H3,(H,37,40)(H,38,39);3H,1H2,2H3;;2*1H2/q;;;+1;;/p-1. The minimum atomic E-state index is -6.23. The summed E-state index contributed by atoms with van der Waals surface area (Å²) in [6.45, 7) is 8.42. The van der Waals surface area contributed by atoms with E-state index in [1.807, 2.05) is 31.2 Å². The van der Waals surface area contributed by atoms with E-state index in [1.165, 1.54) is 78.9 Å². The van der Waals surface area contributed by atoms with Crippen LogP contribution in [0.25, 0.3) is 0 Å². The van der Waals surface area contributed by atoms with Crippen molar-refractivity contribution in [1.82, 2.24) is 0 Å². The maximum absolute atomic E-state index is 14.4. The van der Waals surface area contributed by atoms with E-state index < -0.39 is 113 Å². The fourth-order valence-electron chi connectivity index (χ4n) is 8.22. The van der Waals surface area contributed by atoms with E-state index in [9.17, 15) is 92.3 Å². The van der Waals surface area contributed by atoms with Gasteiger partial charge in [-0.2, -0.15) is 73.7 Å². The summed E-state index contributed by atoms with van der Waals surface area (Å²) in [6.07, 6.45) is -23.0. The van der Waals surface area contributed by atoms with Gasteiger partial charge in [-0.3, -0.25) is 19.2 Å². The van der Waals surface area contributed by atoms with Crippen LogP contribution in [0.1, 0.15) is 103 Å². The summed E-state index contributed by atoms with van der Waals surface area (Å²) in [5, 5.41) is 54.6. The molecule has 34 heteroatoms. The first-order chi connectivity index (χ1) is 43.3. The molecule has 0 aliphatic heterocycles. The monoisotopic (exact) mass is 1500 g/mol. The van der Waals surface area contributed by atoms with Crippen molar-refractivity contribution < 1.29 is 116 Å². The molecule has 17 nitrogen and oxygen atoms in total. The maximum Gasteiger partial charge on any atom is 1.00 e. The summed E-state index contributed by atoms with van der Waals surface area (Å²) in [7, 11) is 0. The number of aryl methyl sites for hydroxylation is 2. The fraction of sp³-hybridized carbons (Fsp3) is 0.145. The molecule has 0 spiro atoms. The Hall–Kier alpha value is -9.23. The van der Waals surface area contributed by atoms with E-state index in [4.69, 9.17) is 33.7 Å². The molecule has 96 heavy (non-hydrogen) atoms. The first kappa shape index (κ1) is 82.9. The number of hydrogen-bond donors (Lipinski definition) is 5. The van der Waals surface area contributed by atoms with E-state index in [0.29, 0.717) is 34.4 Å². The molecule has 0 fully saturated rings. The van der Waals surface area contributed by atoms with Crippen molar-refractivity contribution >= 4 is 107 Å². The minimum Gasteiger partial charge on any atom is -0.870 e. The van der Waals surface area contributed by atoms with E-state index in [2.05, 4.69) is 64.4 Å². The van der Waals surface area contributed by atoms with Gasteiger partial charge in [-0.05, 0) is 173 Å². The Morgan fingerprint density at radius 1 is 0.521 bits per heavy atom. The molecule has 0 saturated carbocycles. The van der Waals surface area contributed by atoms with Crippen LogP contribution in [0.5, 0.6) is 0 Å². The third-order valence-corrected chi connectivity index (χ3v) is 14.6. The molecule has 8 N–H and O–H groups in total. The van der Waals surface area contributed by atoms with Crippen molar-refractivity contribution in [2.45, 2.75) is 56.7 Å². The molecule has 0 bridgehead atoms. The number of esters is 1. The smallest absolute Gasteiger partial charge is 0.870 e. The average Bonchev–Trinajstić information content (AvgIpc) is 0.735. The molecule has 7 aromatic rings. The van der Waals surface area contributed by atoms with Crippen molar-refractivity contribution in [1.29, 1.82) is 21.0 Å². The third-order valence-electron chi connectivity index (χ3n) is 12.8. The zero-order chi connectivity index (χ0) is 69.9. The maximum atomic E-state index is 14.4. The fourth-order valence-corrected chi connectivity index (χ4v) is 10.1. The first-order valence-corrected chi connectivity index (χ1v) is 27.8. The number of nitrogens with zero attached hydrogens (tertiary/aromatic N) is 4. The number of amides is 4. The average molecular weight is 1510 g/mol. The molecule has 0 aliphatic carbocycles. The van der Waals surface area contributed by atoms with Gasteiger partial charge in [0, 0.05) is 42.3 Å². The number of benzene rings is 7. The van der Waals surface area contributed by atoms with Crippen LogP contribution in [0.4, 0.5) is 75.4 Å². The van der Waals surface area contributed by atoms with Crippen LogP contribution in [0, 0.1) is 59.2 Å². The Labute approximate surface area is 574 Å². The second-order valence-electron chi connectivity index (χ2n) is 19.0. The number of allylic oxidation sites excluding steroid dienone is 1. The first-order valence-electron chi connectivity index (χ1n) is 25.5. The third kappa shape index (κ3) is 18.4. The number of carbonyl (C=O) groups excluding carboxylic acids is 5. The van der Waals surface area contributed by atoms with Crippen molar-refractivity contribution in [2.24, 2.45) is 0 Å². The molecule has 0 aliphatic rings. The summed E-state index contributed by atoms with van der Waals surface area (Å²) in [5.41, 5.74) is -13.9. The zero-order valence-electron chi connectivity index (χ0n) is 49.1. The molecular formula is C62H41Br2Cl2F12LiN8O9. The summed E-state index contributed by atoms with van der Waals surface area (Å²) >= 11 is 17.7. The minimum absolute atomic E-state index is 0. The SMILES string of the molecule is C=CC.Cc1cc(C#N)ccc1C(=O)Nc1cc(C(=O)Nc2c(Cl)cc(C(O)(C(F)(F)F)C(F)(F)F)cc2Br)ccc1C#N.Cc1cc(C#N)ccc1C(=O)Nc1cc(C(=O)Nc2c(Cl)cc(C(OC(=O)c3ccccc3)(C(F)(F)F)C(F)(F)F)cc2Br)ccc1C#N.O.[Li+].[OH-]. The quantitative estimate of drug-likeness (QED) is 0.0330. The second-order valence-corrected chi connectivity index (χ2v) is 21.5. The van der Waals surface area contributed by atoms with Crippen LogP contribution < -0.4 is 40.1 Å². The largest absolute Gasteiger partial charge is 1.00 e. The predicted molar refractivity (Wildman–Crippen MR) is 327 cm³/mol. The predicted octanol–water partition coefficient (Wildman–Crippen LogP) is 13.0. The Bertz CT molecular complexity index is 4230. The Balaban J connectivity index is 0.000000617. The molecule has 4 amide bonds. The normalized spacial score (nSPS) is 11.1. The van der Waals surface area contributed by atoms with Crippen LogP contribution in [0.15, 0.2) is 149 Å². The van der Waals surface area contributed by atoms with Gasteiger partial charge in [-0.25, -0.2) is 4.79 Å². The zero-order valence-corrected chi connectivity index (χ0v) is 53.8. The van der Waals surface area contributed by atoms with Crippen molar-refractivity contribution in [3.05, 3.63) is 231 Å². The Morgan fingerprint density at radius 2 is 0.885 bits per heavy atom. The van der Waals surface area contributed by atoms with Gasteiger partial charge in [-0.1, -0.05) is 47.5 Å². The number of ether oxygens (including phenoxy) is 1. The molecule has 0 unspecified atom stereocenters. The number of alkyl halides is 12. The van der Waals surface area contributed by atoms with E-state index >= 15 is 0 Å². The van der Waals surface area contributed by atoms with E-state index in [1.54, 1.807) is 19.9 Å². The van der Waals surface area contributed by atoms with Gasteiger partial charge in [0.25, 0.3) is 29.2 Å².